The molecule has 5 rings (SSSR count). The molecule has 2 unspecified atom stereocenters. The van der Waals surface area contributed by atoms with Gasteiger partial charge in [0.2, 0.25) is 0 Å². The average molecular weight is 623 g/mol. The van der Waals surface area contributed by atoms with Crippen LogP contribution in [-0.4, -0.2) is 55.2 Å². The molecule has 0 spiro atoms. The molecule has 3 aromatic heterocycles. The zero-order valence-electron chi connectivity index (χ0n) is 23.9. The van der Waals surface area contributed by atoms with Crippen molar-refractivity contribution in [2.45, 2.75) is 78.9 Å². The Balaban J connectivity index is 0.000000467. The summed E-state index contributed by atoms with van der Waals surface area (Å²) in [4.78, 5) is 15.2. The number of hydrogen-bond donors (Lipinski definition) is 2. The number of hydrogen-bond acceptors (Lipinski definition) is 7. The van der Waals surface area contributed by atoms with Crippen molar-refractivity contribution in [3.05, 3.63) is 58.7 Å². The number of rotatable bonds is 4. The van der Waals surface area contributed by atoms with Crippen LogP contribution in [0.5, 0.6) is 0 Å². The lowest BCUT2D eigenvalue weighted by atomic mass is 10.1. The molecule has 0 amide bonds. The molecule has 1 fully saturated rings. The molecule has 0 aliphatic carbocycles. The van der Waals surface area contributed by atoms with E-state index in [2.05, 4.69) is 85.5 Å². The molecular formula is C29H41BrClN5O3. The maximum absolute atomic E-state index is 8.08. The van der Waals surface area contributed by atoms with Crippen LogP contribution < -0.4 is 4.90 Å². The normalized spacial score (nSPS) is 16.5. The number of halogens is 2. The fraction of sp³-hybridized carbons (Fsp3) is 0.483. The molecule has 2 N–H and O–H groups in total. The third-order valence-electron chi connectivity index (χ3n) is 5.41. The molecule has 1 aliphatic heterocycles. The van der Waals surface area contributed by atoms with E-state index in [9.17, 15) is 0 Å². The molecule has 2 atom stereocenters. The Kier molecular flexibility index (Phi) is 13.1. The van der Waals surface area contributed by atoms with Crippen molar-refractivity contribution in [2.75, 3.05) is 18.5 Å². The van der Waals surface area contributed by atoms with Crippen LogP contribution in [0.25, 0.3) is 21.9 Å². The second kappa shape index (κ2) is 15.5. The first kappa shape index (κ1) is 32.9. The predicted molar refractivity (Wildman–Crippen MR) is 164 cm³/mol. The average Bonchev–Trinajstić information content (AvgIpc) is 3.52. The number of aromatic nitrogens is 4. The van der Waals surface area contributed by atoms with Crippen molar-refractivity contribution >= 4 is 55.2 Å². The highest BCUT2D eigenvalue weighted by molar-refractivity contribution is 9.10. The topological polar surface area (TPSA) is 96.5 Å². The first-order valence-corrected chi connectivity index (χ1v) is 14.5. The van der Waals surface area contributed by atoms with E-state index >= 15 is 0 Å². The minimum Gasteiger partial charge on any atom is -0.372 e. The van der Waals surface area contributed by atoms with Crippen molar-refractivity contribution in [1.29, 1.82) is 0 Å². The van der Waals surface area contributed by atoms with E-state index in [0.717, 1.165) is 51.5 Å². The highest BCUT2D eigenvalue weighted by atomic mass is 79.9. The molecule has 1 saturated heterocycles. The van der Waals surface area contributed by atoms with E-state index in [0.29, 0.717) is 5.15 Å². The number of fused-ring (bicyclic) bond motifs is 2. The van der Waals surface area contributed by atoms with Crippen LogP contribution >= 0.6 is 27.5 Å². The van der Waals surface area contributed by atoms with Gasteiger partial charge in [-0.1, -0.05) is 51.8 Å². The summed E-state index contributed by atoms with van der Waals surface area (Å²) in [5.41, 5.74) is 2.93. The van der Waals surface area contributed by atoms with Crippen LogP contribution in [0.3, 0.4) is 0 Å². The molecule has 4 aromatic rings. The monoisotopic (exact) mass is 621 g/mol. The Morgan fingerprint density at radius 1 is 1.10 bits per heavy atom. The Morgan fingerprint density at radius 3 is 2.44 bits per heavy atom. The molecule has 1 aromatic carbocycles. The van der Waals surface area contributed by atoms with Crippen LogP contribution in [0, 0.1) is 0 Å². The SMILES string of the molecule is CC.CC(C)(O)O.CCC.CN(CC1CCC(n2ccc3c(Cl)ncnc32)O1)c1ccc2cc(Br)cnc2c1. The fourth-order valence-corrected chi connectivity index (χ4v) is 4.47. The van der Waals surface area contributed by atoms with E-state index in [1.807, 2.05) is 32.3 Å². The van der Waals surface area contributed by atoms with E-state index in [4.69, 9.17) is 26.6 Å². The summed E-state index contributed by atoms with van der Waals surface area (Å²) in [6.07, 6.45) is 8.60. The van der Waals surface area contributed by atoms with Gasteiger partial charge in [0.05, 0.1) is 17.0 Å². The summed E-state index contributed by atoms with van der Waals surface area (Å²) < 4.78 is 9.39. The van der Waals surface area contributed by atoms with Gasteiger partial charge in [-0.05, 0) is 66.9 Å². The third-order valence-corrected chi connectivity index (χ3v) is 6.14. The predicted octanol–water partition coefficient (Wildman–Crippen LogP) is 7.36. The minimum absolute atomic E-state index is 0.0347. The summed E-state index contributed by atoms with van der Waals surface area (Å²) in [6, 6.07) is 10.4. The molecule has 1 aliphatic rings. The number of ether oxygens (including phenoxy) is 1. The largest absolute Gasteiger partial charge is 0.372 e. The Hall–Kier alpha value is -2.30. The molecule has 10 heteroatoms. The molecule has 0 radical (unpaired) electrons. The van der Waals surface area contributed by atoms with Gasteiger partial charge in [-0.3, -0.25) is 4.98 Å². The van der Waals surface area contributed by atoms with Crippen LogP contribution in [0.2, 0.25) is 5.15 Å². The van der Waals surface area contributed by atoms with Crippen LogP contribution in [0.15, 0.2) is 53.5 Å². The van der Waals surface area contributed by atoms with Crippen molar-refractivity contribution in [2.24, 2.45) is 0 Å². The molecule has 4 heterocycles. The van der Waals surface area contributed by atoms with E-state index in [1.54, 1.807) is 0 Å². The smallest absolute Gasteiger partial charge is 0.156 e. The first-order valence-electron chi connectivity index (χ1n) is 13.3. The van der Waals surface area contributed by atoms with Crippen molar-refractivity contribution < 1.29 is 14.9 Å². The Morgan fingerprint density at radius 2 is 1.77 bits per heavy atom. The van der Waals surface area contributed by atoms with E-state index in [1.165, 1.54) is 26.6 Å². The maximum atomic E-state index is 8.08. The van der Waals surface area contributed by atoms with Crippen molar-refractivity contribution in [3.63, 3.8) is 0 Å². The quantitative estimate of drug-likeness (QED) is 0.181. The maximum Gasteiger partial charge on any atom is 0.156 e. The van der Waals surface area contributed by atoms with Gasteiger partial charge in [-0.2, -0.15) is 0 Å². The molecular weight excluding hydrogens is 582 g/mol. The van der Waals surface area contributed by atoms with Gasteiger partial charge in [0.15, 0.2) is 5.79 Å². The van der Waals surface area contributed by atoms with E-state index < -0.39 is 5.79 Å². The number of aliphatic hydroxyl groups is 2. The summed E-state index contributed by atoms with van der Waals surface area (Å²) >= 11 is 9.65. The molecule has 0 bridgehead atoms. The molecule has 0 saturated carbocycles. The number of pyridine rings is 1. The zero-order valence-corrected chi connectivity index (χ0v) is 26.2. The number of anilines is 1. The van der Waals surface area contributed by atoms with Gasteiger partial charge >= 0.3 is 0 Å². The lowest BCUT2D eigenvalue weighted by Gasteiger charge is -2.24. The van der Waals surface area contributed by atoms with Crippen LogP contribution in [0.1, 0.15) is 67.0 Å². The Bertz CT molecular complexity index is 1310. The Labute approximate surface area is 245 Å². The zero-order chi connectivity index (χ0) is 29.2. The van der Waals surface area contributed by atoms with Gasteiger partial charge < -0.3 is 24.4 Å². The molecule has 39 heavy (non-hydrogen) atoms. The van der Waals surface area contributed by atoms with Gasteiger partial charge in [-0.15, -0.1) is 0 Å². The second-order valence-corrected chi connectivity index (χ2v) is 10.8. The standard InChI is InChI=1S/C21H19BrClN5O.C3H8O2.C3H8.C2H6/c1-27(15-3-2-13-8-14(22)10-24-18(13)9-15)11-16-4-5-19(29-16)28-7-6-17-20(23)25-12-26-21(17)28;1-3(2,4)5;1-3-2;1-2/h2-3,6-10,12,16,19H,4-5,11H2,1H3;4-5H,1-2H3;3H2,1-2H3;1-2H3. The van der Waals surface area contributed by atoms with Crippen molar-refractivity contribution in [1.82, 2.24) is 19.5 Å². The lowest BCUT2D eigenvalue weighted by molar-refractivity contribution is -0.127. The second-order valence-electron chi connectivity index (χ2n) is 9.53. The van der Waals surface area contributed by atoms with Crippen LogP contribution in [-0.2, 0) is 4.74 Å². The lowest BCUT2D eigenvalue weighted by Crippen LogP contribution is -2.29. The number of nitrogens with zero attached hydrogens (tertiary/aromatic N) is 5. The van der Waals surface area contributed by atoms with Gasteiger partial charge in [-0.25, -0.2) is 9.97 Å². The van der Waals surface area contributed by atoms with Crippen LogP contribution in [0.4, 0.5) is 5.69 Å². The highest BCUT2D eigenvalue weighted by Gasteiger charge is 2.28. The van der Waals surface area contributed by atoms with Gasteiger partial charge in [0, 0.05) is 41.5 Å². The minimum atomic E-state index is -1.50. The van der Waals surface area contributed by atoms with Gasteiger partial charge in [0.25, 0.3) is 0 Å². The summed E-state index contributed by atoms with van der Waals surface area (Å²) in [5.74, 6) is -1.50. The summed E-state index contributed by atoms with van der Waals surface area (Å²) in [5, 5.41) is 18.6. The first-order chi connectivity index (χ1) is 18.5. The van der Waals surface area contributed by atoms with Gasteiger partial charge in [0.1, 0.15) is 23.4 Å². The summed E-state index contributed by atoms with van der Waals surface area (Å²) in [7, 11) is 2.09. The molecule has 214 valence electrons. The summed E-state index contributed by atoms with van der Waals surface area (Å²) in [6.45, 7) is 11.7. The third kappa shape index (κ3) is 9.99. The molecule has 8 nitrogen and oxygen atoms in total. The number of likely N-dealkylation sites (N-methyl/N-ethyl adjacent to an activating group) is 1. The fourth-order valence-electron chi connectivity index (χ4n) is 3.93. The van der Waals surface area contributed by atoms with Crippen molar-refractivity contribution in [3.8, 4) is 0 Å². The number of benzene rings is 1. The van der Waals surface area contributed by atoms with E-state index in [-0.39, 0.29) is 12.3 Å². The highest BCUT2D eigenvalue weighted by Crippen LogP contribution is 2.33.